The van der Waals surface area contributed by atoms with Crippen LogP contribution in [-0.2, 0) is 6.42 Å². The minimum atomic E-state index is 0.303. The van der Waals surface area contributed by atoms with E-state index >= 15 is 0 Å². The molecule has 0 saturated heterocycles. The van der Waals surface area contributed by atoms with Crippen LogP contribution >= 0.6 is 23.6 Å². The van der Waals surface area contributed by atoms with Crippen molar-refractivity contribution >= 4 is 34.2 Å². The van der Waals surface area contributed by atoms with Crippen LogP contribution in [0.1, 0.15) is 33.6 Å². The van der Waals surface area contributed by atoms with Crippen molar-refractivity contribution in [2.45, 2.75) is 40.2 Å². The van der Waals surface area contributed by atoms with Crippen LogP contribution in [0.2, 0.25) is 0 Å². The van der Waals surface area contributed by atoms with Gasteiger partial charge in [-0.05, 0) is 45.9 Å². The molecular formula is C16H21N3S2. The molecule has 0 aliphatic carbocycles. The molecule has 2 aromatic heterocycles. The summed E-state index contributed by atoms with van der Waals surface area (Å²) in [6.45, 7) is 8.23. The minimum Gasteiger partial charge on any atom is -0.389 e. The summed E-state index contributed by atoms with van der Waals surface area (Å²) >= 11 is 7.01. The van der Waals surface area contributed by atoms with Gasteiger partial charge in [0, 0.05) is 39.3 Å². The summed E-state index contributed by atoms with van der Waals surface area (Å²) in [7, 11) is 0. The molecule has 2 heterocycles. The third-order valence-corrected chi connectivity index (χ3v) is 4.51. The molecule has 2 rings (SSSR count). The lowest BCUT2D eigenvalue weighted by Gasteiger charge is -2.19. The van der Waals surface area contributed by atoms with Gasteiger partial charge >= 0.3 is 0 Å². The molecule has 112 valence electrons. The fourth-order valence-corrected chi connectivity index (χ4v) is 3.74. The maximum atomic E-state index is 5.85. The van der Waals surface area contributed by atoms with E-state index in [1.165, 1.54) is 9.75 Å². The molecule has 0 aliphatic heterocycles. The third kappa shape index (κ3) is 4.02. The lowest BCUT2D eigenvalue weighted by Crippen LogP contribution is -2.22. The van der Waals surface area contributed by atoms with E-state index in [0.717, 1.165) is 29.1 Å². The standard InChI is InChI=1S/C16H21N3S2/c1-9(7-13-6-5-11(3)21-13)19-14-8-10(2)18-12(4)15(14)16(17)20/h5-6,8-9H,7H2,1-4H3,(H2,17,20)(H,18,19). The van der Waals surface area contributed by atoms with Gasteiger partial charge in [-0.25, -0.2) is 0 Å². The highest BCUT2D eigenvalue weighted by Gasteiger charge is 2.13. The first-order chi connectivity index (χ1) is 9.86. The molecule has 5 heteroatoms. The van der Waals surface area contributed by atoms with Crippen LogP contribution in [0.15, 0.2) is 18.2 Å². The first-order valence-corrected chi connectivity index (χ1v) is 8.19. The number of hydrogen-bond donors (Lipinski definition) is 2. The molecule has 1 atom stereocenters. The molecule has 2 aromatic rings. The lowest BCUT2D eigenvalue weighted by molar-refractivity contribution is 0.799. The zero-order chi connectivity index (χ0) is 15.6. The summed E-state index contributed by atoms with van der Waals surface area (Å²) in [5.41, 5.74) is 9.53. The van der Waals surface area contributed by atoms with Gasteiger partial charge in [-0.3, -0.25) is 4.98 Å². The Morgan fingerprint density at radius 1 is 1.38 bits per heavy atom. The number of anilines is 1. The number of aryl methyl sites for hydroxylation is 3. The van der Waals surface area contributed by atoms with Gasteiger partial charge in [0.2, 0.25) is 0 Å². The van der Waals surface area contributed by atoms with Gasteiger partial charge in [-0.15, -0.1) is 11.3 Å². The van der Waals surface area contributed by atoms with E-state index in [-0.39, 0.29) is 0 Å². The van der Waals surface area contributed by atoms with E-state index in [0.29, 0.717) is 11.0 Å². The Labute approximate surface area is 135 Å². The molecular weight excluding hydrogens is 298 g/mol. The van der Waals surface area contributed by atoms with Gasteiger partial charge in [0.05, 0.1) is 5.56 Å². The number of pyridine rings is 1. The van der Waals surface area contributed by atoms with Crippen molar-refractivity contribution in [3.8, 4) is 0 Å². The van der Waals surface area contributed by atoms with Crippen molar-refractivity contribution in [1.29, 1.82) is 0 Å². The number of nitrogens with two attached hydrogens (primary N) is 1. The Morgan fingerprint density at radius 2 is 2.10 bits per heavy atom. The molecule has 0 aliphatic rings. The van der Waals surface area contributed by atoms with E-state index in [9.17, 15) is 0 Å². The second kappa shape index (κ2) is 6.54. The molecule has 1 unspecified atom stereocenters. The van der Waals surface area contributed by atoms with Crippen molar-refractivity contribution < 1.29 is 0 Å². The lowest BCUT2D eigenvalue weighted by atomic mass is 10.1. The second-order valence-corrected chi connectivity index (χ2v) is 7.21. The molecule has 3 N–H and O–H groups in total. The molecule has 0 spiro atoms. The van der Waals surface area contributed by atoms with E-state index in [1.54, 1.807) is 0 Å². The van der Waals surface area contributed by atoms with Gasteiger partial charge < -0.3 is 11.1 Å². The van der Waals surface area contributed by atoms with Crippen LogP contribution in [0, 0.1) is 20.8 Å². The number of thiocarbonyl (C=S) groups is 1. The summed E-state index contributed by atoms with van der Waals surface area (Å²) in [6.07, 6.45) is 0.982. The predicted molar refractivity (Wildman–Crippen MR) is 95.4 cm³/mol. The average Bonchev–Trinajstić information content (AvgIpc) is 2.72. The first-order valence-electron chi connectivity index (χ1n) is 6.96. The SMILES string of the molecule is Cc1cc(NC(C)Cc2ccc(C)s2)c(C(N)=S)c(C)n1. The largest absolute Gasteiger partial charge is 0.389 e. The van der Waals surface area contributed by atoms with Crippen molar-refractivity contribution in [3.63, 3.8) is 0 Å². The van der Waals surface area contributed by atoms with Crippen LogP contribution in [0.3, 0.4) is 0 Å². The van der Waals surface area contributed by atoms with Crippen molar-refractivity contribution in [1.82, 2.24) is 4.98 Å². The highest BCUT2D eigenvalue weighted by atomic mass is 32.1. The van der Waals surface area contributed by atoms with Crippen LogP contribution in [-0.4, -0.2) is 16.0 Å². The topological polar surface area (TPSA) is 50.9 Å². The Kier molecular flexibility index (Phi) is 4.96. The van der Waals surface area contributed by atoms with Crippen molar-refractivity contribution in [2.24, 2.45) is 5.73 Å². The number of aromatic nitrogens is 1. The van der Waals surface area contributed by atoms with Gasteiger partial charge in [-0.1, -0.05) is 12.2 Å². The number of nitrogens with zero attached hydrogens (tertiary/aromatic N) is 1. The van der Waals surface area contributed by atoms with Gasteiger partial charge in [0.1, 0.15) is 4.99 Å². The summed E-state index contributed by atoms with van der Waals surface area (Å²) < 4.78 is 0. The molecule has 0 fully saturated rings. The summed E-state index contributed by atoms with van der Waals surface area (Å²) in [5.74, 6) is 0. The highest BCUT2D eigenvalue weighted by Crippen LogP contribution is 2.23. The highest BCUT2D eigenvalue weighted by molar-refractivity contribution is 7.80. The fourth-order valence-electron chi connectivity index (χ4n) is 2.47. The van der Waals surface area contributed by atoms with Crippen molar-refractivity contribution in [3.05, 3.63) is 44.9 Å². The molecule has 0 amide bonds. The molecule has 21 heavy (non-hydrogen) atoms. The second-order valence-electron chi connectivity index (χ2n) is 5.40. The van der Waals surface area contributed by atoms with E-state index in [2.05, 4.69) is 36.3 Å². The summed E-state index contributed by atoms with van der Waals surface area (Å²) in [5, 5.41) is 3.53. The predicted octanol–water partition coefficient (Wildman–Crippen LogP) is 3.75. The Bertz CT molecular complexity index is 662. The maximum Gasteiger partial charge on any atom is 0.107 e. The minimum absolute atomic E-state index is 0.303. The molecule has 0 radical (unpaired) electrons. The van der Waals surface area contributed by atoms with Gasteiger partial charge in [0.15, 0.2) is 0 Å². The van der Waals surface area contributed by atoms with E-state index in [4.69, 9.17) is 18.0 Å². The number of thiophene rings is 1. The summed E-state index contributed by atoms with van der Waals surface area (Å²) in [6, 6.07) is 6.67. The Hall–Kier alpha value is -1.46. The van der Waals surface area contributed by atoms with E-state index < -0.39 is 0 Å². The quantitative estimate of drug-likeness (QED) is 0.824. The number of nitrogens with one attached hydrogen (secondary N) is 1. The zero-order valence-electron chi connectivity index (χ0n) is 12.9. The number of hydrogen-bond acceptors (Lipinski definition) is 4. The van der Waals surface area contributed by atoms with E-state index in [1.807, 2.05) is 31.3 Å². The monoisotopic (exact) mass is 319 g/mol. The zero-order valence-corrected chi connectivity index (χ0v) is 14.5. The van der Waals surface area contributed by atoms with Crippen LogP contribution in [0.4, 0.5) is 5.69 Å². The third-order valence-electron chi connectivity index (χ3n) is 3.28. The summed E-state index contributed by atoms with van der Waals surface area (Å²) in [4.78, 5) is 7.56. The first kappa shape index (κ1) is 15.9. The Balaban J connectivity index is 2.20. The average molecular weight is 319 g/mol. The fraction of sp³-hybridized carbons (Fsp3) is 0.375. The Morgan fingerprint density at radius 3 is 2.67 bits per heavy atom. The van der Waals surface area contributed by atoms with Gasteiger partial charge in [0.25, 0.3) is 0 Å². The smallest absolute Gasteiger partial charge is 0.107 e. The van der Waals surface area contributed by atoms with Crippen LogP contribution < -0.4 is 11.1 Å². The number of rotatable bonds is 5. The maximum absolute atomic E-state index is 5.85. The van der Waals surface area contributed by atoms with Crippen molar-refractivity contribution in [2.75, 3.05) is 5.32 Å². The molecule has 0 saturated carbocycles. The van der Waals surface area contributed by atoms with Crippen LogP contribution in [0.5, 0.6) is 0 Å². The van der Waals surface area contributed by atoms with Crippen LogP contribution in [0.25, 0.3) is 0 Å². The molecule has 3 nitrogen and oxygen atoms in total. The van der Waals surface area contributed by atoms with Gasteiger partial charge in [-0.2, -0.15) is 0 Å². The molecule has 0 aromatic carbocycles. The molecule has 0 bridgehead atoms. The normalized spacial score (nSPS) is 12.2.